The van der Waals surface area contributed by atoms with Crippen LogP contribution in [0.3, 0.4) is 0 Å². The van der Waals surface area contributed by atoms with Crippen LogP contribution in [0.25, 0.3) is 0 Å². The summed E-state index contributed by atoms with van der Waals surface area (Å²) >= 11 is 3.17. The smallest absolute Gasteiger partial charge is 0.387 e. The minimum Gasteiger partial charge on any atom is -0.435 e. The van der Waals surface area contributed by atoms with Gasteiger partial charge in [0.2, 0.25) is 0 Å². The van der Waals surface area contributed by atoms with E-state index in [0.29, 0.717) is 10.2 Å². The molecule has 0 bridgehead atoms. The van der Waals surface area contributed by atoms with Gasteiger partial charge in [0.25, 0.3) is 0 Å². The van der Waals surface area contributed by atoms with Crippen molar-refractivity contribution >= 4 is 21.6 Å². The minimum absolute atomic E-state index is 0.0613. The molecule has 0 aliphatic heterocycles. The Hall–Kier alpha value is -0.880. The summed E-state index contributed by atoms with van der Waals surface area (Å²) in [5.41, 5.74) is 2.82. The highest BCUT2D eigenvalue weighted by molar-refractivity contribution is 9.10. The summed E-state index contributed by atoms with van der Waals surface area (Å²) in [5, 5.41) is 0. The fourth-order valence-corrected chi connectivity index (χ4v) is 1.15. The lowest BCUT2D eigenvalue weighted by Gasteiger charge is -2.07. The molecule has 0 aliphatic carbocycles. The van der Waals surface area contributed by atoms with Crippen molar-refractivity contribution in [3.05, 3.63) is 22.7 Å². The van der Waals surface area contributed by atoms with Crippen molar-refractivity contribution in [2.75, 3.05) is 5.43 Å². The van der Waals surface area contributed by atoms with Crippen LogP contribution in [0.15, 0.2) is 22.7 Å². The van der Waals surface area contributed by atoms with E-state index < -0.39 is 6.61 Å². The third-order valence-electron chi connectivity index (χ3n) is 1.32. The monoisotopic (exact) mass is 252 g/mol. The first-order valence-corrected chi connectivity index (χ1v) is 4.13. The third kappa shape index (κ3) is 2.82. The number of halogens is 3. The fraction of sp³-hybridized carbons (Fsp3) is 0.143. The maximum atomic E-state index is 11.8. The lowest BCUT2D eigenvalue weighted by atomic mass is 10.3. The molecule has 0 amide bonds. The van der Waals surface area contributed by atoms with Gasteiger partial charge in [-0.05, 0) is 28.1 Å². The van der Waals surface area contributed by atoms with Crippen LogP contribution in [0.1, 0.15) is 0 Å². The zero-order valence-corrected chi connectivity index (χ0v) is 8.01. The van der Waals surface area contributed by atoms with E-state index in [1.54, 1.807) is 6.07 Å². The Morgan fingerprint density at radius 1 is 1.46 bits per heavy atom. The molecule has 1 aromatic rings. The van der Waals surface area contributed by atoms with Crippen molar-refractivity contribution in [1.82, 2.24) is 0 Å². The van der Waals surface area contributed by atoms with Crippen LogP contribution < -0.4 is 16.0 Å². The fourth-order valence-electron chi connectivity index (χ4n) is 0.791. The molecule has 0 aromatic heterocycles. The van der Waals surface area contributed by atoms with Crippen LogP contribution in [-0.2, 0) is 0 Å². The molecule has 1 aromatic carbocycles. The summed E-state index contributed by atoms with van der Waals surface area (Å²) in [7, 11) is 0. The summed E-state index contributed by atoms with van der Waals surface area (Å²) in [6, 6.07) is 4.35. The van der Waals surface area contributed by atoms with Gasteiger partial charge in [-0.15, -0.1) is 0 Å². The highest BCUT2D eigenvalue weighted by atomic mass is 79.9. The van der Waals surface area contributed by atoms with Gasteiger partial charge < -0.3 is 10.2 Å². The van der Waals surface area contributed by atoms with E-state index in [1.165, 1.54) is 12.1 Å². The first-order chi connectivity index (χ1) is 6.13. The van der Waals surface area contributed by atoms with E-state index in [0.717, 1.165) is 0 Å². The van der Waals surface area contributed by atoms with Crippen molar-refractivity contribution in [2.45, 2.75) is 6.61 Å². The van der Waals surface area contributed by atoms with Gasteiger partial charge in [-0.25, -0.2) is 0 Å². The predicted molar refractivity (Wildman–Crippen MR) is 48.6 cm³/mol. The van der Waals surface area contributed by atoms with Crippen molar-refractivity contribution in [3.63, 3.8) is 0 Å². The number of nitrogens with one attached hydrogen (secondary N) is 1. The Morgan fingerprint density at radius 2 is 2.15 bits per heavy atom. The summed E-state index contributed by atoms with van der Waals surface area (Å²) in [5.74, 6) is 5.19. The van der Waals surface area contributed by atoms with Gasteiger partial charge in [-0.2, -0.15) is 8.78 Å². The number of ether oxygens (including phenoxy) is 1. The number of alkyl halides is 2. The number of anilines is 1. The van der Waals surface area contributed by atoms with Crippen molar-refractivity contribution in [2.24, 2.45) is 5.84 Å². The van der Waals surface area contributed by atoms with Gasteiger partial charge in [0, 0.05) is 10.5 Å². The second-order valence-electron chi connectivity index (χ2n) is 2.16. The summed E-state index contributed by atoms with van der Waals surface area (Å²) < 4.78 is 28.4. The molecular formula is C7H7BrF2N2O. The first kappa shape index (κ1) is 10.2. The third-order valence-corrected chi connectivity index (χ3v) is 2.01. The quantitative estimate of drug-likeness (QED) is 0.642. The lowest BCUT2D eigenvalue weighted by molar-refractivity contribution is -0.0498. The second kappa shape index (κ2) is 4.38. The molecule has 0 aliphatic rings. The largest absolute Gasteiger partial charge is 0.435 e. The molecule has 0 saturated carbocycles. The van der Waals surface area contributed by atoms with Gasteiger partial charge in [-0.1, -0.05) is 0 Å². The molecule has 0 unspecified atom stereocenters. The van der Waals surface area contributed by atoms with Crippen molar-refractivity contribution < 1.29 is 13.5 Å². The summed E-state index contributed by atoms with van der Waals surface area (Å²) in [6.45, 7) is -2.83. The van der Waals surface area contributed by atoms with Gasteiger partial charge in [0.05, 0.1) is 5.69 Å². The van der Waals surface area contributed by atoms with E-state index in [1.807, 2.05) is 0 Å². The van der Waals surface area contributed by atoms with Crippen LogP contribution in [0.2, 0.25) is 0 Å². The predicted octanol–water partition coefficient (Wildman–Crippen LogP) is 2.34. The molecule has 3 N–H and O–H groups in total. The number of rotatable bonds is 3. The highest BCUT2D eigenvalue weighted by Gasteiger charge is 2.06. The standard InChI is InChI=1S/C7H7BrF2N2O/c8-5-2-1-4(13-7(9)10)3-6(5)12-11/h1-3,7,12H,11H2. The molecule has 72 valence electrons. The molecule has 13 heavy (non-hydrogen) atoms. The Balaban J connectivity index is 2.86. The highest BCUT2D eigenvalue weighted by Crippen LogP contribution is 2.27. The summed E-state index contributed by atoms with van der Waals surface area (Å²) in [4.78, 5) is 0. The molecule has 0 fully saturated rings. The zero-order chi connectivity index (χ0) is 9.84. The van der Waals surface area contributed by atoms with Gasteiger partial charge >= 0.3 is 6.61 Å². The van der Waals surface area contributed by atoms with E-state index in [4.69, 9.17) is 5.84 Å². The lowest BCUT2D eigenvalue weighted by Crippen LogP contribution is -2.08. The zero-order valence-electron chi connectivity index (χ0n) is 6.43. The van der Waals surface area contributed by atoms with E-state index in [-0.39, 0.29) is 5.75 Å². The molecule has 6 heteroatoms. The van der Waals surface area contributed by atoms with Crippen LogP contribution >= 0.6 is 15.9 Å². The molecule has 0 spiro atoms. The van der Waals surface area contributed by atoms with Gasteiger partial charge in [-0.3, -0.25) is 5.84 Å². The number of hydrogen-bond acceptors (Lipinski definition) is 3. The molecule has 0 saturated heterocycles. The maximum absolute atomic E-state index is 11.8. The normalized spacial score (nSPS) is 10.2. The van der Waals surface area contributed by atoms with Gasteiger partial charge in [0.1, 0.15) is 5.75 Å². The van der Waals surface area contributed by atoms with Crippen LogP contribution in [-0.4, -0.2) is 6.61 Å². The molecule has 0 heterocycles. The van der Waals surface area contributed by atoms with E-state index >= 15 is 0 Å². The van der Waals surface area contributed by atoms with Crippen LogP contribution in [0, 0.1) is 0 Å². The Morgan fingerprint density at radius 3 is 2.69 bits per heavy atom. The van der Waals surface area contributed by atoms with Crippen molar-refractivity contribution in [1.29, 1.82) is 0 Å². The molecule has 0 radical (unpaired) electrons. The number of nitrogen functional groups attached to an aromatic ring is 1. The number of hydrogen-bond donors (Lipinski definition) is 2. The van der Waals surface area contributed by atoms with E-state index in [9.17, 15) is 8.78 Å². The maximum Gasteiger partial charge on any atom is 0.387 e. The SMILES string of the molecule is NNc1cc(OC(F)F)ccc1Br. The number of nitrogens with two attached hydrogens (primary N) is 1. The van der Waals surface area contributed by atoms with Crippen molar-refractivity contribution in [3.8, 4) is 5.75 Å². The average molecular weight is 253 g/mol. The van der Waals surface area contributed by atoms with E-state index in [2.05, 4.69) is 26.1 Å². The van der Waals surface area contributed by atoms with Crippen LogP contribution in [0.5, 0.6) is 5.75 Å². The molecular weight excluding hydrogens is 246 g/mol. The van der Waals surface area contributed by atoms with Gasteiger partial charge in [0.15, 0.2) is 0 Å². The Kier molecular flexibility index (Phi) is 3.44. The Labute approximate surface area is 82.0 Å². The first-order valence-electron chi connectivity index (χ1n) is 3.34. The summed E-state index contributed by atoms with van der Waals surface area (Å²) in [6.07, 6.45) is 0. The molecule has 0 atom stereocenters. The topological polar surface area (TPSA) is 47.3 Å². The minimum atomic E-state index is -2.83. The average Bonchev–Trinajstić information content (AvgIpc) is 2.07. The molecule has 3 nitrogen and oxygen atoms in total. The second-order valence-corrected chi connectivity index (χ2v) is 3.02. The number of hydrazine groups is 1. The Bertz CT molecular complexity index is 296. The number of benzene rings is 1. The molecule has 1 rings (SSSR count). The van der Waals surface area contributed by atoms with Crippen LogP contribution in [0.4, 0.5) is 14.5 Å².